The second-order valence-corrected chi connectivity index (χ2v) is 9.25. The Morgan fingerprint density at radius 2 is 1.85 bits per heavy atom. The number of carbonyl (C=O) groups excluding carboxylic acids is 2. The number of carbonyl (C=O) groups is 2. The summed E-state index contributed by atoms with van der Waals surface area (Å²) in [6.45, 7) is 6.42. The standard InChI is InChI=1S/C28H38N2O3/c1-5-26(28(32)29-24-11-7-6-8-12-24)30(19-22-10-9-13-25(17-22)33-4)27(31)18-23-16-20(2)14-15-21(23)3/h9-10,13-17,24,26H,5-8,11-12,18-19H2,1-4H3,(H,29,32). The molecule has 33 heavy (non-hydrogen) atoms. The molecule has 2 amide bonds. The largest absolute Gasteiger partial charge is 0.497 e. The molecule has 1 fully saturated rings. The first-order chi connectivity index (χ1) is 15.9. The molecule has 1 aliphatic rings. The smallest absolute Gasteiger partial charge is 0.243 e. The van der Waals surface area contributed by atoms with Crippen LogP contribution in [0.1, 0.15) is 67.7 Å². The topological polar surface area (TPSA) is 58.6 Å². The van der Waals surface area contributed by atoms with Crippen molar-refractivity contribution in [2.75, 3.05) is 7.11 Å². The molecule has 178 valence electrons. The Labute approximate surface area is 198 Å². The number of nitrogens with one attached hydrogen (secondary N) is 1. The Morgan fingerprint density at radius 1 is 1.09 bits per heavy atom. The molecule has 0 aromatic heterocycles. The Morgan fingerprint density at radius 3 is 2.55 bits per heavy atom. The summed E-state index contributed by atoms with van der Waals surface area (Å²) in [7, 11) is 1.63. The van der Waals surface area contributed by atoms with Crippen LogP contribution in [0.15, 0.2) is 42.5 Å². The van der Waals surface area contributed by atoms with Crippen molar-refractivity contribution in [3.63, 3.8) is 0 Å². The van der Waals surface area contributed by atoms with Gasteiger partial charge in [-0.2, -0.15) is 0 Å². The Hall–Kier alpha value is -2.82. The number of nitrogens with zero attached hydrogens (tertiary/aromatic N) is 1. The van der Waals surface area contributed by atoms with Crippen molar-refractivity contribution in [3.8, 4) is 5.75 Å². The molecule has 0 radical (unpaired) electrons. The van der Waals surface area contributed by atoms with Crippen LogP contribution >= 0.6 is 0 Å². The average molecular weight is 451 g/mol. The van der Waals surface area contributed by atoms with E-state index >= 15 is 0 Å². The van der Waals surface area contributed by atoms with Crippen LogP contribution in [0.3, 0.4) is 0 Å². The van der Waals surface area contributed by atoms with Crippen LogP contribution in [-0.2, 0) is 22.6 Å². The van der Waals surface area contributed by atoms with E-state index in [9.17, 15) is 9.59 Å². The van der Waals surface area contributed by atoms with E-state index in [2.05, 4.69) is 23.5 Å². The number of methoxy groups -OCH3 is 1. The monoisotopic (exact) mass is 450 g/mol. The van der Waals surface area contributed by atoms with Gasteiger partial charge in [-0.05, 0) is 61.9 Å². The first kappa shape index (κ1) is 24.8. The lowest BCUT2D eigenvalue weighted by Crippen LogP contribution is -2.52. The number of benzene rings is 2. The first-order valence-electron chi connectivity index (χ1n) is 12.2. The first-order valence-corrected chi connectivity index (χ1v) is 12.2. The Balaban J connectivity index is 1.85. The van der Waals surface area contributed by atoms with Gasteiger partial charge < -0.3 is 15.0 Å². The molecule has 0 bridgehead atoms. The lowest BCUT2D eigenvalue weighted by molar-refractivity contribution is -0.141. The summed E-state index contributed by atoms with van der Waals surface area (Å²) < 4.78 is 5.37. The highest BCUT2D eigenvalue weighted by atomic mass is 16.5. The zero-order valence-electron chi connectivity index (χ0n) is 20.5. The number of rotatable bonds is 9. The number of amides is 2. The summed E-state index contributed by atoms with van der Waals surface area (Å²) in [6.07, 6.45) is 6.44. The van der Waals surface area contributed by atoms with Gasteiger partial charge in [-0.3, -0.25) is 9.59 Å². The molecule has 5 heteroatoms. The molecule has 1 N–H and O–H groups in total. The quantitative estimate of drug-likeness (QED) is 0.577. The van der Waals surface area contributed by atoms with E-state index in [0.717, 1.165) is 53.7 Å². The van der Waals surface area contributed by atoms with Gasteiger partial charge in [0.15, 0.2) is 0 Å². The molecule has 1 aliphatic carbocycles. The lowest BCUT2D eigenvalue weighted by Gasteiger charge is -2.33. The lowest BCUT2D eigenvalue weighted by atomic mass is 9.95. The van der Waals surface area contributed by atoms with Gasteiger partial charge in [0.2, 0.25) is 11.8 Å². The van der Waals surface area contributed by atoms with E-state index in [1.807, 2.05) is 45.0 Å². The molecular formula is C28H38N2O3. The van der Waals surface area contributed by atoms with Crippen molar-refractivity contribution in [2.24, 2.45) is 0 Å². The zero-order chi connectivity index (χ0) is 23.8. The van der Waals surface area contributed by atoms with Gasteiger partial charge in [-0.1, -0.05) is 62.1 Å². The fraction of sp³-hybridized carbons (Fsp3) is 0.500. The van der Waals surface area contributed by atoms with E-state index in [0.29, 0.717) is 13.0 Å². The highest BCUT2D eigenvalue weighted by molar-refractivity contribution is 5.88. The van der Waals surface area contributed by atoms with E-state index in [-0.39, 0.29) is 24.3 Å². The average Bonchev–Trinajstić information content (AvgIpc) is 2.82. The third-order valence-corrected chi connectivity index (χ3v) is 6.67. The van der Waals surface area contributed by atoms with Crippen molar-refractivity contribution in [3.05, 3.63) is 64.7 Å². The molecule has 0 heterocycles. The molecule has 1 unspecified atom stereocenters. The number of aryl methyl sites for hydroxylation is 2. The third-order valence-electron chi connectivity index (χ3n) is 6.67. The molecule has 0 saturated heterocycles. The van der Waals surface area contributed by atoms with Crippen LogP contribution in [0.2, 0.25) is 0 Å². The minimum atomic E-state index is -0.504. The molecule has 1 atom stereocenters. The fourth-order valence-electron chi connectivity index (χ4n) is 4.69. The van der Waals surface area contributed by atoms with Crippen molar-refractivity contribution in [1.29, 1.82) is 0 Å². The van der Waals surface area contributed by atoms with Gasteiger partial charge in [0.25, 0.3) is 0 Å². The summed E-state index contributed by atoms with van der Waals surface area (Å²) in [5.74, 6) is 0.674. The van der Waals surface area contributed by atoms with Crippen LogP contribution in [0, 0.1) is 13.8 Å². The minimum absolute atomic E-state index is 0.0304. The summed E-state index contributed by atoms with van der Waals surface area (Å²) in [5, 5.41) is 3.24. The molecule has 1 saturated carbocycles. The van der Waals surface area contributed by atoms with Crippen LogP contribution < -0.4 is 10.1 Å². The van der Waals surface area contributed by atoms with Gasteiger partial charge in [-0.25, -0.2) is 0 Å². The summed E-state index contributed by atoms with van der Waals surface area (Å²) >= 11 is 0. The van der Waals surface area contributed by atoms with E-state index in [1.54, 1.807) is 12.0 Å². The normalized spacial score (nSPS) is 15.0. The molecule has 0 aliphatic heterocycles. The third kappa shape index (κ3) is 6.83. The van der Waals surface area contributed by atoms with Crippen molar-refractivity contribution in [2.45, 2.75) is 84.3 Å². The van der Waals surface area contributed by atoms with Crippen LogP contribution in [0.5, 0.6) is 5.75 Å². The van der Waals surface area contributed by atoms with Crippen molar-refractivity contribution < 1.29 is 14.3 Å². The molecular weight excluding hydrogens is 412 g/mol. The predicted octanol–water partition coefficient (Wildman–Crippen LogP) is 5.11. The summed E-state index contributed by atoms with van der Waals surface area (Å²) in [5.41, 5.74) is 4.19. The Bertz CT molecular complexity index is 950. The molecule has 0 spiro atoms. The molecule has 2 aromatic rings. The predicted molar refractivity (Wildman–Crippen MR) is 132 cm³/mol. The highest BCUT2D eigenvalue weighted by Gasteiger charge is 2.30. The van der Waals surface area contributed by atoms with E-state index in [4.69, 9.17) is 4.74 Å². The fourth-order valence-corrected chi connectivity index (χ4v) is 4.69. The second kappa shape index (κ2) is 11.9. The second-order valence-electron chi connectivity index (χ2n) is 9.25. The molecule has 3 rings (SSSR count). The summed E-state index contributed by atoms with van der Waals surface area (Å²) in [4.78, 5) is 28.8. The van der Waals surface area contributed by atoms with E-state index in [1.165, 1.54) is 6.42 Å². The van der Waals surface area contributed by atoms with Crippen LogP contribution in [0.4, 0.5) is 0 Å². The number of ether oxygens (including phenoxy) is 1. The highest BCUT2D eigenvalue weighted by Crippen LogP contribution is 2.21. The minimum Gasteiger partial charge on any atom is -0.497 e. The zero-order valence-corrected chi connectivity index (χ0v) is 20.5. The van der Waals surface area contributed by atoms with Gasteiger partial charge in [0, 0.05) is 12.6 Å². The van der Waals surface area contributed by atoms with Crippen molar-refractivity contribution in [1.82, 2.24) is 10.2 Å². The van der Waals surface area contributed by atoms with Gasteiger partial charge in [-0.15, -0.1) is 0 Å². The van der Waals surface area contributed by atoms with E-state index < -0.39 is 6.04 Å². The van der Waals surface area contributed by atoms with Gasteiger partial charge >= 0.3 is 0 Å². The van der Waals surface area contributed by atoms with Crippen LogP contribution in [-0.4, -0.2) is 35.9 Å². The summed E-state index contributed by atoms with van der Waals surface area (Å²) in [6, 6.07) is 13.6. The maximum absolute atomic E-state index is 13.6. The SMILES string of the molecule is CCC(C(=O)NC1CCCCC1)N(Cc1cccc(OC)c1)C(=O)Cc1cc(C)ccc1C. The maximum atomic E-state index is 13.6. The van der Waals surface area contributed by atoms with Gasteiger partial charge in [0.05, 0.1) is 13.5 Å². The number of hydrogen-bond donors (Lipinski definition) is 1. The van der Waals surface area contributed by atoms with Gasteiger partial charge in [0.1, 0.15) is 11.8 Å². The molecule has 2 aromatic carbocycles. The Kier molecular flexibility index (Phi) is 8.93. The number of hydrogen-bond acceptors (Lipinski definition) is 3. The molecule has 5 nitrogen and oxygen atoms in total. The maximum Gasteiger partial charge on any atom is 0.243 e. The van der Waals surface area contributed by atoms with Crippen molar-refractivity contribution >= 4 is 11.8 Å². The van der Waals surface area contributed by atoms with Crippen LogP contribution in [0.25, 0.3) is 0 Å².